The Kier molecular flexibility index (Phi) is 10.3. The Hall–Kier alpha value is -1.80. The molecule has 0 N–H and O–H groups in total. The Bertz CT molecular complexity index is 1100. The van der Waals surface area contributed by atoms with Crippen molar-refractivity contribution in [2.24, 2.45) is 0 Å². The van der Waals surface area contributed by atoms with Crippen molar-refractivity contribution in [2.45, 2.75) is 49.8 Å². The first-order valence-corrected chi connectivity index (χ1v) is 15.9. The van der Waals surface area contributed by atoms with Crippen LogP contribution in [0.5, 0.6) is 5.75 Å². The van der Waals surface area contributed by atoms with Crippen LogP contribution in [0.25, 0.3) is 0 Å². The van der Waals surface area contributed by atoms with E-state index in [1.54, 1.807) is 24.2 Å². The maximum atomic E-state index is 14.0. The van der Waals surface area contributed by atoms with Gasteiger partial charge in [-0.1, -0.05) is 38.0 Å². The lowest BCUT2D eigenvalue weighted by Gasteiger charge is -2.30. The summed E-state index contributed by atoms with van der Waals surface area (Å²) < 4.78 is 40.4. The molecule has 0 bridgehead atoms. The van der Waals surface area contributed by atoms with E-state index in [0.29, 0.717) is 30.3 Å². The van der Waals surface area contributed by atoms with Crippen molar-refractivity contribution in [3.05, 3.63) is 48.0 Å². The van der Waals surface area contributed by atoms with Gasteiger partial charge in [-0.3, -0.25) is 4.79 Å². The molecule has 0 radical (unpaired) electrons. The standard InChI is InChI=1S/C25H35N2O5PS2/c1-5-7-11-21-16-26(20-12-9-8-10-13-20)22-15-23(31-3)19(17-34-18-25(28)32-6-2)14-24(22)35(29,30)27(21)33-4/h8-10,12-15,21,33H,5-7,11,16-18H2,1-4H3/t21-/m1/s1. The minimum atomic E-state index is -3.74. The predicted octanol–water partition coefficient (Wildman–Crippen LogP) is 5.42. The molecule has 1 aliphatic heterocycles. The summed E-state index contributed by atoms with van der Waals surface area (Å²) in [5.41, 5.74) is 2.30. The average molecular weight is 539 g/mol. The lowest BCUT2D eigenvalue weighted by Crippen LogP contribution is -2.38. The molecule has 1 heterocycles. The lowest BCUT2D eigenvalue weighted by atomic mass is 10.1. The molecule has 10 heteroatoms. The fraction of sp³-hybridized carbons (Fsp3) is 0.480. The first kappa shape index (κ1) is 27.8. The molecule has 2 aromatic carbocycles. The van der Waals surface area contributed by atoms with Crippen LogP contribution in [0.1, 0.15) is 38.7 Å². The van der Waals surface area contributed by atoms with Crippen molar-refractivity contribution >= 4 is 47.9 Å². The zero-order valence-electron chi connectivity index (χ0n) is 20.8. The molecule has 2 aromatic rings. The van der Waals surface area contributed by atoms with E-state index in [1.807, 2.05) is 43.1 Å². The van der Waals surface area contributed by atoms with Gasteiger partial charge < -0.3 is 14.4 Å². The van der Waals surface area contributed by atoms with Gasteiger partial charge in [-0.25, -0.2) is 8.42 Å². The highest BCUT2D eigenvalue weighted by molar-refractivity contribution is 7.99. The Morgan fingerprint density at radius 3 is 2.57 bits per heavy atom. The van der Waals surface area contributed by atoms with E-state index in [0.717, 1.165) is 30.5 Å². The number of carbonyl (C=O) groups excluding carboxylic acids is 1. The number of para-hydroxylation sites is 1. The summed E-state index contributed by atoms with van der Waals surface area (Å²) >= 11 is 1.38. The van der Waals surface area contributed by atoms with E-state index >= 15 is 0 Å². The first-order valence-electron chi connectivity index (χ1n) is 11.9. The van der Waals surface area contributed by atoms with Gasteiger partial charge in [0.1, 0.15) is 10.6 Å². The number of ether oxygens (including phenoxy) is 2. The minimum absolute atomic E-state index is 0.118. The number of hydrogen-bond acceptors (Lipinski definition) is 7. The number of carbonyl (C=O) groups is 1. The van der Waals surface area contributed by atoms with Crippen LogP contribution in [0.2, 0.25) is 0 Å². The van der Waals surface area contributed by atoms with Gasteiger partial charge in [0, 0.05) is 35.7 Å². The van der Waals surface area contributed by atoms with Gasteiger partial charge in [0.25, 0.3) is 0 Å². The molecule has 3 rings (SSSR count). The van der Waals surface area contributed by atoms with Crippen molar-refractivity contribution < 1.29 is 22.7 Å². The summed E-state index contributed by atoms with van der Waals surface area (Å²) in [5.74, 6) is 0.947. The third-order valence-corrected chi connectivity index (χ3v) is 10.6. The first-order chi connectivity index (χ1) is 16.9. The van der Waals surface area contributed by atoms with E-state index < -0.39 is 10.0 Å². The number of fused-ring (bicyclic) bond motifs is 1. The van der Waals surface area contributed by atoms with Crippen LogP contribution in [0.3, 0.4) is 0 Å². The fourth-order valence-electron chi connectivity index (χ4n) is 4.25. The molecule has 1 aliphatic rings. The summed E-state index contributed by atoms with van der Waals surface area (Å²) in [6.07, 6.45) is 2.76. The molecular weight excluding hydrogens is 503 g/mol. The number of anilines is 2. The van der Waals surface area contributed by atoms with Gasteiger partial charge in [-0.2, -0.15) is 4.08 Å². The predicted molar refractivity (Wildman–Crippen MR) is 146 cm³/mol. The number of thioether (sulfide) groups is 1. The molecule has 0 aliphatic carbocycles. The van der Waals surface area contributed by atoms with Crippen LogP contribution in [0.15, 0.2) is 47.4 Å². The maximum absolute atomic E-state index is 14.0. The number of sulfonamides is 1. The van der Waals surface area contributed by atoms with Crippen LogP contribution in [0.4, 0.5) is 11.4 Å². The van der Waals surface area contributed by atoms with Gasteiger partial charge in [0.05, 0.1) is 25.2 Å². The summed E-state index contributed by atoms with van der Waals surface area (Å²) in [6.45, 7) is 6.72. The lowest BCUT2D eigenvalue weighted by molar-refractivity contribution is -0.139. The molecular formula is C25H35N2O5PS2. The summed E-state index contributed by atoms with van der Waals surface area (Å²) in [5, 5.41) is 0. The van der Waals surface area contributed by atoms with Crippen molar-refractivity contribution in [3.63, 3.8) is 0 Å². The van der Waals surface area contributed by atoms with Crippen molar-refractivity contribution in [3.8, 4) is 5.75 Å². The van der Waals surface area contributed by atoms with E-state index in [-0.39, 0.29) is 31.4 Å². The van der Waals surface area contributed by atoms with Crippen LogP contribution in [-0.4, -0.2) is 57.2 Å². The van der Waals surface area contributed by atoms with Crippen LogP contribution < -0.4 is 9.64 Å². The largest absolute Gasteiger partial charge is 0.496 e. The van der Waals surface area contributed by atoms with Crippen molar-refractivity contribution in [2.75, 3.05) is 37.6 Å². The van der Waals surface area contributed by atoms with E-state index in [1.165, 1.54) is 11.8 Å². The van der Waals surface area contributed by atoms with Gasteiger partial charge in [0.2, 0.25) is 10.0 Å². The number of methoxy groups -OCH3 is 1. The molecule has 2 atom stereocenters. The molecule has 35 heavy (non-hydrogen) atoms. The number of unbranched alkanes of at least 4 members (excludes halogenated alkanes) is 1. The summed E-state index contributed by atoms with van der Waals surface area (Å²) in [7, 11) is -2.04. The Balaban J connectivity index is 2.11. The third-order valence-electron chi connectivity index (χ3n) is 5.88. The Labute approximate surface area is 215 Å². The third kappa shape index (κ3) is 6.50. The Morgan fingerprint density at radius 1 is 1.20 bits per heavy atom. The number of hydrogen-bond donors (Lipinski definition) is 0. The zero-order chi connectivity index (χ0) is 25.4. The van der Waals surface area contributed by atoms with Gasteiger partial charge >= 0.3 is 5.97 Å². The quantitative estimate of drug-likeness (QED) is 0.279. The second-order valence-corrected chi connectivity index (χ2v) is 12.2. The van der Waals surface area contributed by atoms with Crippen LogP contribution in [-0.2, 0) is 25.3 Å². The number of nitrogens with zero attached hydrogens (tertiary/aromatic N) is 2. The monoisotopic (exact) mass is 538 g/mol. The van der Waals surface area contributed by atoms with Crippen molar-refractivity contribution in [1.29, 1.82) is 0 Å². The Morgan fingerprint density at radius 2 is 1.94 bits per heavy atom. The molecule has 1 unspecified atom stereocenters. The van der Waals surface area contributed by atoms with Gasteiger partial charge in [-0.05, 0) is 46.9 Å². The molecule has 192 valence electrons. The molecule has 0 saturated heterocycles. The number of rotatable bonds is 11. The van der Waals surface area contributed by atoms with Gasteiger partial charge in [-0.15, -0.1) is 11.8 Å². The average Bonchev–Trinajstić information content (AvgIpc) is 2.94. The molecule has 0 saturated carbocycles. The van der Waals surface area contributed by atoms with Crippen molar-refractivity contribution in [1.82, 2.24) is 4.08 Å². The number of benzene rings is 2. The fourth-order valence-corrected chi connectivity index (χ4v) is 8.38. The molecule has 0 aromatic heterocycles. The second-order valence-electron chi connectivity index (χ2n) is 8.20. The van der Waals surface area contributed by atoms with E-state index in [4.69, 9.17) is 9.47 Å². The molecule has 0 spiro atoms. The minimum Gasteiger partial charge on any atom is -0.496 e. The van der Waals surface area contributed by atoms with E-state index in [2.05, 4.69) is 11.8 Å². The highest BCUT2D eigenvalue weighted by Crippen LogP contribution is 2.44. The second kappa shape index (κ2) is 12.9. The maximum Gasteiger partial charge on any atom is 0.315 e. The molecule has 0 fully saturated rings. The SMILES string of the molecule is CCCC[C@@H]1CN(c2ccccc2)c2cc(OC)c(CSCC(=O)OCC)cc2S(=O)(=O)N1PC. The topological polar surface area (TPSA) is 76.1 Å². The van der Waals surface area contributed by atoms with E-state index in [9.17, 15) is 13.2 Å². The normalized spacial score (nSPS) is 17.8. The van der Waals surface area contributed by atoms with Crippen LogP contribution >= 0.6 is 20.5 Å². The highest BCUT2D eigenvalue weighted by atomic mass is 32.2. The number of esters is 1. The molecule has 0 amide bonds. The summed E-state index contributed by atoms with van der Waals surface area (Å²) in [4.78, 5) is 14.2. The smallest absolute Gasteiger partial charge is 0.315 e. The molecule has 7 nitrogen and oxygen atoms in total. The summed E-state index contributed by atoms with van der Waals surface area (Å²) in [6, 6.07) is 13.3. The highest BCUT2D eigenvalue weighted by Gasteiger charge is 2.39. The van der Waals surface area contributed by atoms with Gasteiger partial charge in [0.15, 0.2) is 0 Å². The zero-order valence-corrected chi connectivity index (χ0v) is 23.5. The van der Waals surface area contributed by atoms with Crippen LogP contribution in [0, 0.1) is 0 Å².